The third-order valence-electron chi connectivity index (χ3n) is 8.68. The van der Waals surface area contributed by atoms with Crippen molar-refractivity contribution < 1.29 is 22.8 Å². The number of rotatable bonds is 7. The number of nitrogens with one attached hydrogen (secondary N) is 1. The van der Waals surface area contributed by atoms with Crippen LogP contribution in [0.4, 0.5) is 24.5 Å². The van der Waals surface area contributed by atoms with Gasteiger partial charge in [-0.2, -0.15) is 13.2 Å². The maximum Gasteiger partial charge on any atom is 0.416 e. The van der Waals surface area contributed by atoms with E-state index in [0.29, 0.717) is 54.2 Å². The summed E-state index contributed by atoms with van der Waals surface area (Å²) in [6.07, 6.45) is -3.93. The number of aryl methyl sites for hydroxylation is 1. The van der Waals surface area contributed by atoms with Crippen molar-refractivity contribution in [2.45, 2.75) is 51.5 Å². The van der Waals surface area contributed by atoms with Crippen LogP contribution < -0.4 is 15.8 Å². The highest BCUT2D eigenvalue weighted by Crippen LogP contribution is 2.32. The van der Waals surface area contributed by atoms with Crippen molar-refractivity contribution in [3.05, 3.63) is 99.6 Å². The minimum atomic E-state index is -4.36. The van der Waals surface area contributed by atoms with Crippen molar-refractivity contribution in [3.63, 3.8) is 0 Å². The van der Waals surface area contributed by atoms with Gasteiger partial charge in [-0.3, -0.25) is 23.9 Å². The highest BCUT2D eigenvalue weighted by molar-refractivity contribution is 6.03. The number of hydrogen-bond acceptors (Lipinski definition) is 7. The maximum atomic E-state index is 13.7. The fourth-order valence-electron chi connectivity index (χ4n) is 6.26. The van der Waals surface area contributed by atoms with Gasteiger partial charge in [-0.1, -0.05) is 36.4 Å². The summed E-state index contributed by atoms with van der Waals surface area (Å²) in [5.41, 5.74) is 2.99. The number of hydrogen-bond donors (Lipinski definition) is 1. The molecule has 0 amide bonds. The van der Waals surface area contributed by atoms with Crippen molar-refractivity contribution in [1.82, 2.24) is 14.5 Å². The van der Waals surface area contributed by atoms with Crippen LogP contribution in [-0.2, 0) is 28.9 Å². The minimum absolute atomic E-state index is 0.0966. The second-order valence-electron chi connectivity index (χ2n) is 11.8. The van der Waals surface area contributed by atoms with Gasteiger partial charge in [0.15, 0.2) is 5.78 Å². The molecule has 2 heterocycles. The van der Waals surface area contributed by atoms with Gasteiger partial charge in [0.25, 0.3) is 5.56 Å². The van der Waals surface area contributed by atoms with Crippen molar-refractivity contribution in [3.8, 4) is 0 Å². The van der Waals surface area contributed by atoms with Gasteiger partial charge < -0.3 is 10.2 Å². The third-order valence-corrected chi connectivity index (χ3v) is 8.68. The molecule has 1 atom stereocenters. The zero-order valence-electron chi connectivity index (χ0n) is 24.9. The lowest BCUT2D eigenvalue weighted by Gasteiger charge is -2.36. The molecule has 1 N–H and O–H groups in total. The van der Waals surface area contributed by atoms with Crippen LogP contribution in [0.25, 0.3) is 10.9 Å². The van der Waals surface area contributed by atoms with Crippen molar-refractivity contribution in [1.29, 1.82) is 0 Å². The van der Waals surface area contributed by atoms with Crippen molar-refractivity contribution in [2.24, 2.45) is 0 Å². The second-order valence-corrected chi connectivity index (χ2v) is 11.8. The summed E-state index contributed by atoms with van der Waals surface area (Å²) < 4.78 is 40.8. The largest absolute Gasteiger partial charge is 0.416 e. The second kappa shape index (κ2) is 12.5. The van der Waals surface area contributed by atoms with E-state index < -0.39 is 17.8 Å². The van der Waals surface area contributed by atoms with Crippen LogP contribution in [0.2, 0.25) is 0 Å². The van der Waals surface area contributed by atoms with E-state index in [0.717, 1.165) is 36.8 Å². The van der Waals surface area contributed by atoms with E-state index in [4.69, 9.17) is 0 Å². The summed E-state index contributed by atoms with van der Waals surface area (Å²) in [4.78, 5) is 47.0. The van der Waals surface area contributed by atoms with E-state index in [1.54, 1.807) is 19.1 Å². The minimum Gasteiger partial charge on any atom is -0.380 e. The van der Waals surface area contributed by atoms with Crippen LogP contribution in [-0.4, -0.2) is 52.2 Å². The molecule has 45 heavy (non-hydrogen) atoms. The lowest BCUT2D eigenvalue weighted by atomic mass is 9.92. The first-order chi connectivity index (χ1) is 21.6. The Morgan fingerprint density at radius 1 is 0.911 bits per heavy atom. The molecular formula is C34H34F3N5O3. The summed E-state index contributed by atoms with van der Waals surface area (Å²) in [6, 6.07) is 18.4. The summed E-state index contributed by atoms with van der Waals surface area (Å²) in [5, 5.41) is 3.78. The Labute approximate surface area is 258 Å². The van der Waals surface area contributed by atoms with Crippen LogP contribution in [0.15, 0.2) is 71.5 Å². The molecule has 6 rings (SSSR count). The predicted molar refractivity (Wildman–Crippen MR) is 166 cm³/mol. The van der Waals surface area contributed by atoms with Crippen LogP contribution in [0.5, 0.6) is 0 Å². The molecule has 8 nitrogen and oxygen atoms in total. The number of benzene rings is 3. The van der Waals surface area contributed by atoms with Crippen LogP contribution in [0, 0.1) is 6.92 Å². The summed E-state index contributed by atoms with van der Waals surface area (Å²) in [5.74, 6) is 0.103. The highest BCUT2D eigenvalue weighted by atomic mass is 19.4. The molecule has 3 aromatic carbocycles. The van der Waals surface area contributed by atoms with Gasteiger partial charge in [-0.25, -0.2) is 4.98 Å². The SMILES string of the molecule is Cc1nc2cccc(NCc3ccc(CN4CCN(c5cccc(C(F)(F)F)c5)CC4)cc3)c2c(=O)n1C1CCC(=O)CC1=O. The van der Waals surface area contributed by atoms with E-state index in [1.807, 2.05) is 29.2 Å². The quantitative estimate of drug-likeness (QED) is 0.273. The van der Waals surface area contributed by atoms with E-state index in [1.165, 1.54) is 16.7 Å². The zero-order valence-corrected chi connectivity index (χ0v) is 24.9. The molecule has 4 aromatic rings. The Bertz CT molecular complexity index is 1790. The Hall–Kier alpha value is -4.51. The van der Waals surface area contributed by atoms with Crippen LogP contribution in [0.1, 0.15) is 47.8 Å². The Morgan fingerprint density at radius 2 is 1.62 bits per heavy atom. The lowest BCUT2D eigenvalue weighted by molar-refractivity contribution is -0.137. The molecule has 1 saturated heterocycles. The monoisotopic (exact) mass is 617 g/mol. The molecule has 1 aromatic heterocycles. The number of halogens is 3. The van der Waals surface area contributed by atoms with E-state index in [-0.39, 0.29) is 30.0 Å². The van der Waals surface area contributed by atoms with Crippen LogP contribution >= 0.6 is 0 Å². The summed E-state index contributed by atoms with van der Waals surface area (Å²) >= 11 is 0. The average Bonchev–Trinajstić information content (AvgIpc) is 3.01. The normalized spacial score (nSPS) is 18.0. The molecule has 1 aliphatic heterocycles. The Morgan fingerprint density at radius 3 is 2.33 bits per heavy atom. The number of carbonyl (C=O) groups excluding carboxylic acids is 2. The Kier molecular flexibility index (Phi) is 8.46. The number of carbonyl (C=O) groups is 2. The molecule has 2 fully saturated rings. The molecule has 0 bridgehead atoms. The highest BCUT2D eigenvalue weighted by Gasteiger charge is 2.32. The van der Waals surface area contributed by atoms with Crippen molar-refractivity contribution in [2.75, 3.05) is 36.4 Å². The zero-order chi connectivity index (χ0) is 31.7. The fourth-order valence-corrected chi connectivity index (χ4v) is 6.26. The summed E-state index contributed by atoms with van der Waals surface area (Å²) in [6.45, 7) is 5.71. The van der Waals surface area contributed by atoms with Gasteiger partial charge in [0, 0.05) is 57.1 Å². The number of ketones is 2. The van der Waals surface area contributed by atoms with Gasteiger partial charge in [0.1, 0.15) is 11.6 Å². The number of Topliss-reactive ketones (excluding diaryl/α,β-unsaturated/α-hetero) is 2. The topological polar surface area (TPSA) is 87.5 Å². The first kappa shape index (κ1) is 30.5. The van der Waals surface area contributed by atoms with Gasteiger partial charge in [-0.05, 0) is 54.8 Å². The van der Waals surface area contributed by atoms with Gasteiger partial charge in [0.05, 0.1) is 28.9 Å². The van der Waals surface area contributed by atoms with Crippen molar-refractivity contribution >= 4 is 33.8 Å². The van der Waals surface area contributed by atoms with Gasteiger partial charge in [0.2, 0.25) is 0 Å². The van der Waals surface area contributed by atoms with Gasteiger partial charge in [-0.15, -0.1) is 0 Å². The maximum absolute atomic E-state index is 13.7. The molecule has 1 unspecified atom stereocenters. The van der Waals surface area contributed by atoms with E-state index in [2.05, 4.69) is 27.3 Å². The first-order valence-electron chi connectivity index (χ1n) is 15.1. The molecule has 0 spiro atoms. The van der Waals surface area contributed by atoms with E-state index in [9.17, 15) is 27.6 Å². The molecule has 1 saturated carbocycles. The Balaban J connectivity index is 1.09. The predicted octanol–water partition coefficient (Wildman–Crippen LogP) is 5.52. The number of fused-ring (bicyclic) bond motifs is 1. The molecule has 11 heteroatoms. The van der Waals surface area contributed by atoms with Crippen LogP contribution in [0.3, 0.4) is 0 Å². The van der Waals surface area contributed by atoms with E-state index >= 15 is 0 Å². The molecule has 2 aliphatic rings. The average molecular weight is 618 g/mol. The first-order valence-corrected chi connectivity index (χ1v) is 15.1. The molecule has 0 radical (unpaired) electrons. The number of alkyl halides is 3. The van der Waals surface area contributed by atoms with Gasteiger partial charge >= 0.3 is 6.18 Å². The fraction of sp³-hybridized carbons (Fsp3) is 0.353. The molecular weight excluding hydrogens is 583 g/mol. The number of anilines is 2. The third kappa shape index (κ3) is 6.63. The number of aromatic nitrogens is 2. The summed E-state index contributed by atoms with van der Waals surface area (Å²) in [7, 11) is 0. The molecule has 1 aliphatic carbocycles. The lowest BCUT2D eigenvalue weighted by Crippen LogP contribution is -2.46. The standard InChI is InChI=1S/C34H34F3N5O3/c1-22-39-29-7-3-6-28(32(29)33(45)42(22)30-13-12-27(43)19-31(30)44)38-20-23-8-10-24(11-9-23)21-40-14-16-41(17-15-40)26-5-2-4-25(18-26)34(35,36)37/h2-11,18,30,38H,12-17,19-21H2,1H3. The smallest absolute Gasteiger partial charge is 0.380 e. The molecule has 234 valence electrons. The number of piperazine rings is 1. The number of nitrogens with zero attached hydrogens (tertiary/aromatic N) is 4.